The van der Waals surface area contributed by atoms with E-state index in [0.29, 0.717) is 17.4 Å². The number of imidazole rings is 1. The fraction of sp³-hybridized carbons (Fsp3) is 0.238. The number of carbonyl (C=O) groups excluding carboxylic acids is 1. The van der Waals surface area contributed by atoms with Gasteiger partial charge in [-0.15, -0.1) is 0 Å². The van der Waals surface area contributed by atoms with Gasteiger partial charge in [0.05, 0.1) is 31.4 Å². The Hall–Kier alpha value is -2.77. The molecule has 0 spiro atoms. The molecule has 3 rings (SSSR count). The molecular weight excluding hydrogens is 374 g/mol. The van der Waals surface area contributed by atoms with Crippen molar-refractivity contribution in [3.8, 4) is 5.75 Å². The third-order valence-corrected chi connectivity index (χ3v) is 5.38. The van der Waals surface area contributed by atoms with E-state index in [1.165, 1.54) is 11.8 Å². The highest BCUT2D eigenvalue weighted by atomic mass is 32.2. The maximum absolute atomic E-state index is 12.5. The molecule has 6 nitrogen and oxygen atoms in total. The van der Waals surface area contributed by atoms with Crippen LogP contribution >= 0.6 is 11.8 Å². The third kappa shape index (κ3) is 4.74. The Morgan fingerprint density at radius 3 is 2.54 bits per heavy atom. The lowest BCUT2D eigenvalue weighted by Gasteiger charge is -2.17. The van der Waals surface area contributed by atoms with E-state index < -0.39 is 0 Å². The summed E-state index contributed by atoms with van der Waals surface area (Å²) >= 11 is 1.37. The van der Waals surface area contributed by atoms with Crippen LogP contribution in [-0.2, 0) is 17.9 Å². The fourth-order valence-corrected chi connectivity index (χ4v) is 3.65. The zero-order valence-electron chi connectivity index (χ0n) is 15.9. The molecule has 0 fully saturated rings. The van der Waals surface area contributed by atoms with Crippen molar-refractivity contribution in [2.75, 3.05) is 24.8 Å². The Balaban J connectivity index is 1.70. The summed E-state index contributed by atoms with van der Waals surface area (Å²) in [4.78, 5) is 18.6. The predicted octanol–water partition coefficient (Wildman–Crippen LogP) is 3.19. The molecule has 0 bridgehead atoms. The van der Waals surface area contributed by atoms with Gasteiger partial charge in [0.1, 0.15) is 5.75 Å². The molecule has 28 heavy (non-hydrogen) atoms. The lowest BCUT2D eigenvalue weighted by Crippen LogP contribution is -2.28. The summed E-state index contributed by atoms with van der Waals surface area (Å²) in [5, 5.41) is 10.3. The van der Waals surface area contributed by atoms with Crippen LogP contribution in [0.2, 0.25) is 0 Å². The summed E-state index contributed by atoms with van der Waals surface area (Å²) < 4.78 is 7.12. The average Bonchev–Trinajstić information content (AvgIpc) is 3.14. The maximum Gasteiger partial charge on any atom is 0.237 e. The number of ether oxygens (including phenoxy) is 1. The highest BCUT2D eigenvalue weighted by Gasteiger charge is 2.15. The molecule has 0 atom stereocenters. The van der Waals surface area contributed by atoms with Gasteiger partial charge >= 0.3 is 0 Å². The van der Waals surface area contributed by atoms with Gasteiger partial charge in [0.15, 0.2) is 5.16 Å². The average molecular weight is 398 g/mol. The Morgan fingerprint density at radius 2 is 1.89 bits per heavy atom. The highest BCUT2D eigenvalue weighted by Crippen LogP contribution is 2.22. The van der Waals surface area contributed by atoms with Crippen molar-refractivity contribution in [1.29, 1.82) is 0 Å². The topological polar surface area (TPSA) is 67.6 Å². The lowest BCUT2D eigenvalue weighted by molar-refractivity contribution is -0.115. The SMILES string of the molecule is COc1ccc(Cn2c(CO)cnc2SCC(=O)N(C)c2ccccc2)cc1. The van der Waals surface area contributed by atoms with Gasteiger partial charge in [-0.05, 0) is 29.8 Å². The van der Waals surface area contributed by atoms with Crippen molar-refractivity contribution in [2.45, 2.75) is 18.3 Å². The van der Waals surface area contributed by atoms with E-state index in [1.807, 2.05) is 59.2 Å². The van der Waals surface area contributed by atoms with E-state index in [4.69, 9.17) is 4.74 Å². The Kier molecular flexibility index (Phi) is 6.73. The minimum atomic E-state index is -0.110. The van der Waals surface area contributed by atoms with Crippen LogP contribution in [0.4, 0.5) is 5.69 Å². The number of aliphatic hydroxyl groups is 1. The number of amides is 1. The number of nitrogens with zero attached hydrogens (tertiary/aromatic N) is 3. The number of methoxy groups -OCH3 is 1. The van der Waals surface area contributed by atoms with Crippen LogP contribution in [0.5, 0.6) is 5.75 Å². The molecule has 0 aliphatic heterocycles. The molecular formula is C21H23N3O3S. The van der Waals surface area contributed by atoms with Crippen LogP contribution in [0.15, 0.2) is 66.0 Å². The van der Waals surface area contributed by atoms with Crippen LogP contribution in [0, 0.1) is 0 Å². The van der Waals surface area contributed by atoms with E-state index in [2.05, 4.69) is 4.98 Å². The first-order valence-electron chi connectivity index (χ1n) is 8.85. The molecule has 3 aromatic rings. The molecule has 1 amide bonds. The van der Waals surface area contributed by atoms with Gasteiger partial charge in [-0.2, -0.15) is 0 Å². The molecule has 2 aromatic carbocycles. The zero-order chi connectivity index (χ0) is 19.9. The second-order valence-electron chi connectivity index (χ2n) is 6.20. The van der Waals surface area contributed by atoms with E-state index in [-0.39, 0.29) is 18.3 Å². The molecule has 1 aromatic heterocycles. The highest BCUT2D eigenvalue weighted by molar-refractivity contribution is 7.99. The van der Waals surface area contributed by atoms with Crippen molar-refractivity contribution >= 4 is 23.4 Å². The lowest BCUT2D eigenvalue weighted by atomic mass is 10.2. The van der Waals surface area contributed by atoms with Gasteiger partial charge in [-0.25, -0.2) is 4.98 Å². The number of aromatic nitrogens is 2. The van der Waals surface area contributed by atoms with Gasteiger partial charge in [-0.1, -0.05) is 42.1 Å². The monoisotopic (exact) mass is 397 g/mol. The Morgan fingerprint density at radius 1 is 1.18 bits per heavy atom. The van der Waals surface area contributed by atoms with Crippen molar-refractivity contribution in [3.05, 3.63) is 72.1 Å². The first kappa shape index (κ1) is 20.0. The summed E-state index contributed by atoms with van der Waals surface area (Å²) in [5.41, 5.74) is 2.62. The van der Waals surface area contributed by atoms with Gasteiger partial charge in [-0.3, -0.25) is 4.79 Å². The Labute approximate surface area is 168 Å². The van der Waals surface area contributed by atoms with Crippen molar-refractivity contribution < 1.29 is 14.6 Å². The zero-order valence-corrected chi connectivity index (χ0v) is 16.7. The minimum absolute atomic E-state index is 0.0132. The molecule has 0 saturated carbocycles. The largest absolute Gasteiger partial charge is 0.497 e. The van der Waals surface area contributed by atoms with Crippen LogP contribution in [0.3, 0.4) is 0 Å². The molecule has 0 aliphatic rings. The normalized spacial score (nSPS) is 10.7. The maximum atomic E-state index is 12.5. The second-order valence-corrected chi connectivity index (χ2v) is 7.14. The summed E-state index contributed by atoms with van der Waals surface area (Å²) in [6, 6.07) is 17.3. The van der Waals surface area contributed by atoms with E-state index in [9.17, 15) is 9.90 Å². The second kappa shape index (κ2) is 9.43. The van der Waals surface area contributed by atoms with Gasteiger partial charge < -0.3 is 19.3 Å². The van der Waals surface area contributed by atoms with Crippen molar-refractivity contribution in [3.63, 3.8) is 0 Å². The van der Waals surface area contributed by atoms with Crippen LogP contribution in [0.1, 0.15) is 11.3 Å². The number of hydrogen-bond donors (Lipinski definition) is 1. The summed E-state index contributed by atoms with van der Waals surface area (Å²) in [6.45, 7) is 0.451. The summed E-state index contributed by atoms with van der Waals surface area (Å²) in [5.74, 6) is 1.04. The molecule has 0 radical (unpaired) electrons. The summed E-state index contributed by atoms with van der Waals surface area (Å²) in [6.07, 6.45) is 1.65. The van der Waals surface area contributed by atoms with Crippen LogP contribution in [0.25, 0.3) is 0 Å². The van der Waals surface area contributed by atoms with Gasteiger partial charge in [0.25, 0.3) is 0 Å². The van der Waals surface area contributed by atoms with E-state index in [1.54, 1.807) is 25.3 Å². The Bertz CT molecular complexity index is 910. The van der Waals surface area contributed by atoms with Crippen LogP contribution < -0.4 is 9.64 Å². The molecule has 1 heterocycles. The number of benzene rings is 2. The fourth-order valence-electron chi connectivity index (χ4n) is 2.73. The first-order valence-corrected chi connectivity index (χ1v) is 9.83. The number of rotatable bonds is 8. The van der Waals surface area contributed by atoms with Crippen molar-refractivity contribution in [1.82, 2.24) is 9.55 Å². The number of carbonyl (C=O) groups is 1. The summed E-state index contributed by atoms with van der Waals surface area (Å²) in [7, 11) is 3.40. The predicted molar refractivity (Wildman–Crippen MR) is 111 cm³/mol. The van der Waals surface area contributed by atoms with Gasteiger partial charge in [0.2, 0.25) is 5.91 Å². The smallest absolute Gasteiger partial charge is 0.237 e. The molecule has 0 aliphatic carbocycles. The van der Waals surface area contributed by atoms with E-state index >= 15 is 0 Å². The molecule has 1 N–H and O–H groups in total. The quantitative estimate of drug-likeness (QED) is 0.591. The third-order valence-electron chi connectivity index (χ3n) is 4.41. The molecule has 7 heteroatoms. The molecule has 146 valence electrons. The van der Waals surface area contributed by atoms with E-state index in [0.717, 1.165) is 17.0 Å². The van der Waals surface area contributed by atoms with Crippen molar-refractivity contribution in [2.24, 2.45) is 0 Å². The molecule has 0 unspecified atom stereocenters. The number of para-hydroxylation sites is 1. The number of aliphatic hydroxyl groups excluding tert-OH is 1. The number of hydrogen-bond acceptors (Lipinski definition) is 5. The number of thioether (sulfide) groups is 1. The minimum Gasteiger partial charge on any atom is -0.497 e. The standard InChI is InChI=1S/C21H23N3O3S/c1-23(17-6-4-3-5-7-17)20(26)15-28-21-22-12-18(14-25)24(21)13-16-8-10-19(27-2)11-9-16/h3-12,25H,13-15H2,1-2H3. The molecule has 0 saturated heterocycles. The first-order chi connectivity index (χ1) is 13.6. The van der Waals surface area contributed by atoms with Gasteiger partial charge in [0, 0.05) is 19.3 Å². The van der Waals surface area contributed by atoms with Crippen LogP contribution in [-0.4, -0.2) is 40.5 Å². The number of anilines is 1.